The maximum absolute atomic E-state index is 12.4. The molecule has 0 aliphatic carbocycles. The van der Waals surface area contributed by atoms with Crippen LogP contribution in [0.15, 0.2) is 72.9 Å². The second-order valence-corrected chi connectivity index (χ2v) is 14.9. The first-order valence-corrected chi connectivity index (χ1v) is 21.9. The highest BCUT2D eigenvalue weighted by atomic mass is 31.2. The van der Waals surface area contributed by atoms with E-state index in [9.17, 15) is 14.2 Å². The molecule has 9 nitrogen and oxygen atoms in total. The molecule has 1 fully saturated rings. The predicted octanol–water partition coefficient (Wildman–Crippen LogP) is 11.3. The summed E-state index contributed by atoms with van der Waals surface area (Å²) in [5, 5.41) is 0. The maximum Gasteiger partial charge on any atom is 0.469 e. The number of ether oxygens (including phenoxy) is 3. The van der Waals surface area contributed by atoms with E-state index in [1.54, 1.807) is 0 Å². The van der Waals surface area contributed by atoms with Gasteiger partial charge in [0.1, 0.15) is 6.61 Å². The van der Waals surface area contributed by atoms with Gasteiger partial charge in [0.2, 0.25) is 0 Å². The van der Waals surface area contributed by atoms with Crippen molar-refractivity contribution in [2.45, 2.75) is 173 Å². The first-order chi connectivity index (χ1) is 25.7. The Kier molecular flexibility index (Phi) is 31.1. The van der Waals surface area contributed by atoms with E-state index < -0.39 is 32.5 Å². The van der Waals surface area contributed by atoms with Gasteiger partial charge in [-0.2, -0.15) is 0 Å². The molecule has 1 aliphatic rings. The zero-order valence-corrected chi connectivity index (χ0v) is 33.7. The molecule has 53 heavy (non-hydrogen) atoms. The Morgan fingerprint density at radius 1 is 0.585 bits per heavy atom. The van der Waals surface area contributed by atoms with Crippen molar-refractivity contribution in [3.05, 3.63) is 72.9 Å². The third kappa shape index (κ3) is 33.7. The van der Waals surface area contributed by atoms with E-state index in [0.29, 0.717) is 37.9 Å². The summed E-state index contributed by atoms with van der Waals surface area (Å²) in [4.78, 5) is 42.8. The molecule has 1 heterocycles. The summed E-state index contributed by atoms with van der Waals surface area (Å²) in [7, 11) is -4.79. The summed E-state index contributed by atoms with van der Waals surface area (Å²) >= 11 is 0. The van der Waals surface area contributed by atoms with Gasteiger partial charge in [0.25, 0.3) is 0 Å². The average Bonchev–Trinajstić information content (AvgIpc) is 3.88. The molecular weight excluding hydrogens is 691 g/mol. The number of unbranched alkanes of at least 4 members (excludes halogenated alkanes) is 11. The Balaban J connectivity index is 2.16. The lowest BCUT2D eigenvalue weighted by Crippen LogP contribution is -2.29. The molecule has 0 aromatic heterocycles. The van der Waals surface area contributed by atoms with E-state index in [0.717, 1.165) is 44.9 Å². The van der Waals surface area contributed by atoms with E-state index in [-0.39, 0.29) is 19.4 Å². The maximum atomic E-state index is 12.4. The fourth-order valence-electron chi connectivity index (χ4n) is 5.42. The number of rotatable bonds is 35. The van der Waals surface area contributed by atoms with Crippen molar-refractivity contribution in [2.75, 3.05) is 13.2 Å². The van der Waals surface area contributed by atoms with Crippen molar-refractivity contribution in [2.24, 2.45) is 0 Å². The number of esters is 2. The van der Waals surface area contributed by atoms with Crippen molar-refractivity contribution in [1.29, 1.82) is 0 Å². The highest BCUT2D eigenvalue weighted by molar-refractivity contribution is 7.46. The number of hydrogen-bond acceptors (Lipinski definition) is 7. The molecule has 2 N–H and O–H groups in total. The lowest BCUT2D eigenvalue weighted by atomic mass is 10.1. The predicted molar refractivity (Wildman–Crippen MR) is 215 cm³/mol. The number of allylic oxidation sites excluding steroid dienone is 10. The van der Waals surface area contributed by atoms with E-state index in [4.69, 9.17) is 24.0 Å². The van der Waals surface area contributed by atoms with Crippen LogP contribution in [0.2, 0.25) is 0 Å². The van der Waals surface area contributed by atoms with Gasteiger partial charge in [0.05, 0.1) is 18.8 Å². The number of carbonyl (C=O) groups is 2. The van der Waals surface area contributed by atoms with E-state index in [1.807, 2.05) is 12.2 Å². The first-order valence-electron chi connectivity index (χ1n) is 20.4. The Morgan fingerprint density at radius 3 is 1.60 bits per heavy atom. The number of phosphoric acid groups is 1. The van der Waals surface area contributed by atoms with Gasteiger partial charge in [0.15, 0.2) is 6.10 Å². The SMILES string of the molecule is CCCCC/C=C\CC1OC1C/C=C\C/C=C\CCCC(=O)OC[C@H](COP(=O)(O)O)OC(=O)CCC/C=C\C/C=C\C/C=C\CCCCCCCC. The minimum atomic E-state index is -4.79. The van der Waals surface area contributed by atoms with Crippen LogP contribution < -0.4 is 0 Å². The molecule has 1 rings (SSSR count). The van der Waals surface area contributed by atoms with Crippen molar-refractivity contribution in [3.63, 3.8) is 0 Å². The smallest absolute Gasteiger partial charge is 0.462 e. The topological polar surface area (TPSA) is 132 Å². The van der Waals surface area contributed by atoms with E-state index in [1.165, 1.54) is 57.8 Å². The van der Waals surface area contributed by atoms with E-state index >= 15 is 0 Å². The van der Waals surface area contributed by atoms with Crippen LogP contribution in [0, 0.1) is 0 Å². The number of epoxide rings is 1. The molecule has 1 saturated heterocycles. The van der Waals surface area contributed by atoms with Gasteiger partial charge in [0, 0.05) is 12.8 Å². The molecule has 2 unspecified atom stereocenters. The Labute approximate surface area is 321 Å². The fraction of sp³-hybridized carbons (Fsp3) is 0.674. The summed E-state index contributed by atoms with van der Waals surface area (Å²) in [6.45, 7) is 3.54. The summed E-state index contributed by atoms with van der Waals surface area (Å²) in [5.74, 6) is -1.02. The van der Waals surface area contributed by atoms with Crippen LogP contribution in [0.3, 0.4) is 0 Å². The number of carbonyl (C=O) groups excluding carboxylic acids is 2. The van der Waals surface area contributed by atoms with Gasteiger partial charge in [-0.05, 0) is 83.5 Å². The van der Waals surface area contributed by atoms with Gasteiger partial charge in [-0.15, -0.1) is 0 Å². The quantitative estimate of drug-likeness (QED) is 0.0213. The fourth-order valence-corrected chi connectivity index (χ4v) is 5.78. The first kappa shape index (κ1) is 48.5. The molecule has 3 atom stereocenters. The van der Waals surface area contributed by atoms with Gasteiger partial charge in [-0.25, -0.2) is 4.57 Å². The van der Waals surface area contributed by atoms with Crippen LogP contribution in [0.5, 0.6) is 0 Å². The zero-order valence-electron chi connectivity index (χ0n) is 32.8. The molecule has 10 heteroatoms. The molecule has 0 aromatic rings. The third-order valence-electron chi connectivity index (χ3n) is 8.60. The molecule has 1 aliphatic heterocycles. The number of hydrogen-bond donors (Lipinski definition) is 2. The molecule has 0 radical (unpaired) electrons. The zero-order chi connectivity index (χ0) is 38.7. The second kappa shape index (κ2) is 34.0. The molecule has 302 valence electrons. The minimum absolute atomic E-state index is 0.122. The Morgan fingerprint density at radius 2 is 1.02 bits per heavy atom. The summed E-state index contributed by atoms with van der Waals surface area (Å²) in [5.41, 5.74) is 0. The van der Waals surface area contributed by atoms with Crippen molar-refractivity contribution in [3.8, 4) is 0 Å². The standard InChI is InChI=1S/C43H71O9P/c1-3-5-7-9-11-12-13-14-15-16-17-18-19-20-23-28-32-36-43(45)51-39(38-50-53(46,47)48)37-49-42(44)35-31-27-24-21-22-26-30-34-41-40(52-41)33-29-25-10-8-6-4-2/h14-15,17-18,20-21,23-26,29-30,39-41H,3-13,16,19,22,27-28,31-38H2,1-2H3,(H2,46,47,48)/b15-14-,18-17-,23-20-,24-21-,29-25-,30-26-/t39-,40?,41?/m1/s1. The van der Waals surface area contributed by atoms with Crippen LogP contribution in [0.1, 0.15) is 155 Å². The molecule has 0 amide bonds. The Hall–Kier alpha value is -2.55. The second-order valence-electron chi connectivity index (χ2n) is 13.6. The van der Waals surface area contributed by atoms with Gasteiger partial charge < -0.3 is 24.0 Å². The van der Waals surface area contributed by atoms with Gasteiger partial charge >= 0.3 is 19.8 Å². The lowest BCUT2D eigenvalue weighted by Gasteiger charge is -2.18. The van der Waals surface area contributed by atoms with Crippen LogP contribution in [-0.4, -0.2) is 53.3 Å². The average molecular weight is 763 g/mol. The van der Waals surface area contributed by atoms with Crippen LogP contribution in [0.4, 0.5) is 0 Å². The monoisotopic (exact) mass is 762 g/mol. The van der Waals surface area contributed by atoms with Gasteiger partial charge in [-0.1, -0.05) is 132 Å². The molecular formula is C43H71O9P. The van der Waals surface area contributed by atoms with Gasteiger partial charge in [-0.3, -0.25) is 14.1 Å². The number of phosphoric ester groups is 1. The summed E-state index contributed by atoms with van der Waals surface area (Å²) < 4.78 is 32.0. The largest absolute Gasteiger partial charge is 0.469 e. The van der Waals surface area contributed by atoms with Crippen LogP contribution in [0.25, 0.3) is 0 Å². The third-order valence-corrected chi connectivity index (χ3v) is 9.09. The van der Waals surface area contributed by atoms with Crippen LogP contribution in [-0.2, 0) is 32.9 Å². The normalized spacial score (nSPS) is 17.1. The lowest BCUT2D eigenvalue weighted by molar-refractivity contribution is -0.161. The van der Waals surface area contributed by atoms with Crippen molar-refractivity contribution >= 4 is 19.8 Å². The Bertz CT molecular complexity index is 1150. The highest BCUT2D eigenvalue weighted by Crippen LogP contribution is 2.36. The molecule has 0 aromatic carbocycles. The molecule has 0 saturated carbocycles. The highest BCUT2D eigenvalue weighted by Gasteiger charge is 2.36. The van der Waals surface area contributed by atoms with Crippen molar-refractivity contribution in [1.82, 2.24) is 0 Å². The van der Waals surface area contributed by atoms with Crippen molar-refractivity contribution < 1.29 is 42.7 Å². The summed E-state index contributed by atoms with van der Waals surface area (Å²) in [6.07, 6.45) is 46.6. The van der Waals surface area contributed by atoms with E-state index in [2.05, 4.69) is 79.1 Å². The molecule has 0 spiro atoms. The minimum Gasteiger partial charge on any atom is -0.462 e. The summed E-state index contributed by atoms with van der Waals surface area (Å²) in [6, 6.07) is 0. The molecule has 0 bridgehead atoms. The van der Waals surface area contributed by atoms with Crippen LogP contribution >= 0.6 is 7.82 Å².